The molecule has 2 amide bonds. The molecule has 0 spiro atoms. The first-order chi connectivity index (χ1) is 16.7. The van der Waals surface area contributed by atoms with E-state index in [0.717, 1.165) is 4.31 Å². The number of anilines is 2. The number of hydrogen-bond donors (Lipinski definition) is 2. The van der Waals surface area contributed by atoms with Crippen LogP contribution in [0.4, 0.5) is 11.4 Å². The fraction of sp³-hybridized carbons (Fsp3) is 0.120. The van der Waals surface area contributed by atoms with Crippen molar-refractivity contribution in [3.63, 3.8) is 0 Å². The monoisotopic (exact) mass is 493 g/mol. The Bertz CT molecular complexity index is 1510. The number of methoxy groups -OCH3 is 1. The molecule has 2 N–H and O–H groups in total. The molecule has 35 heavy (non-hydrogen) atoms. The molecule has 10 heteroatoms. The van der Waals surface area contributed by atoms with E-state index in [9.17, 15) is 18.0 Å². The van der Waals surface area contributed by atoms with Crippen LogP contribution in [0.1, 0.15) is 20.9 Å². The lowest BCUT2D eigenvalue weighted by atomic mass is 10.1. The van der Waals surface area contributed by atoms with E-state index in [1.807, 2.05) is 0 Å². The average Bonchev–Trinajstić information content (AvgIpc) is 3.22. The number of para-hydroxylation sites is 1. The smallest absolute Gasteiger partial charge is 0.293 e. The summed E-state index contributed by atoms with van der Waals surface area (Å²) in [5.74, 6) is -0.590. The van der Waals surface area contributed by atoms with Crippen molar-refractivity contribution in [3.05, 3.63) is 84.1 Å². The number of carbonyl (C=O) groups is 2. The Morgan fingerprint density at radius 3 is 2.29 bits per heavy atom. The van der Waals surface area contributed by atoms with Gasteiger partial charge in [-0.3, -0.25) is 9.59 Å². The summed E-state index contributed by atoms with van der Waals surface area (Å²) in [6.45, 7) is 0. The zero-order valence-corrected chi connectivity index (χ0v) is 20.0. The summed E-state index contributed by atoms with van der Waals surface area (Å²) in [6, 6.07) is 19.3. The van der Waals surface area contributed by atoms with E-state index in [4.69, 9.17) is 9.15 Å². The molecule has 0 unspecified atom stereocenters. The predicted molar refractivity (Wildman–Crippen MR) is 132 cm³/mol. The zero-order valence-electron chi connectivity index (χ0n) is 19.2. The first kappa shape index (κ1) is 24.0. The van der Waals surface area contributed by atoms with Crippen molar-refractivity contribution >= 4 is 44.2 Å². The summed E-state index contributed by atoms with van der Waals surface area (Å²) in [7, 11) is 0.755. The number of ether oxygens (including phenoxy) is 1. The fourth-order valence-corrected chi connectivity index (χ4v) is 4.29. The van der Waals surface area contributed by atoms with Crippen molar-refractivity contribution in [1.82, 2.24) is 4.31 Å². The Kier molecular flexibility index (Phi) is 6.59. The van der Waals surface area contributed by atoms with E-state index >= 15 is 0 Å². The molecule has 180 valence electrons. The van der Waals surface area contributed by atoms with E-state index < -0.39 is 21.8 Å². The molecule has 9 nitrogen and oxygen atoms in total. The van der Waals surface area contributed by atoms with Crippen LogP contribution in [-0.4, -0.2) is 45.7 Å². The first-order valence-corrected chi connectivity index (χ1v) is 12.0. The Hall–Kier alpha value is -4.15. The van der Waals surface area contributed by atoms with Crippen LogP contribution in [0.2, 0.25) is 0 Å². The highest BCUT2D eigenvalue weighted by atomic mass is 32.2. The lowest BCUT2D eigenvalue weighted by Gasteiger charge is -2.12. The molecule has 0 aliphatic heterocycles. The number of nitrogens with one attached hydrogen (secondary N) is 2. The second-order valence-corrected chi connectivity index (χ2v) is 9.91. The minimum atomic E-state index is -3.63. The second-order valence-electron chi connectivity index (χ2n) is 7.75. The standard InChI is InChI=1S/C25H23N3O6S/c1-28(2)35(31,32)19-13-11-16(12-14-19)24(29)27-22-20-9-4-5-10-21(20)34-23(22)25(30)26-17-7-6-8-18(15-17)33-3/h4-15H,1-3H3,(H,26,30)(H,27,29). The van der Waals surface area contributed by atoms with Gasteiger partial charge >= 0.3 is 0 Å². The van der Waals surface area contributed by atoms with Crippen LogP contribution >= 0.6 is 0 Å². The van der Waals surface area contributed by atoms with E-state index in [1.165, 1.54) is 45.5 Å². The molecule has 4 aromatic rings. The van der Waals surface area contributed by atoms with E-state index in [1.54, 1.807) is 48.5 Å². The molecule has 0 saturated heterocycles. The molecule has 1 aromatic heterocycles. The molecule has 0 bridgehead atoms. The van der Waals surface area contributed by atoms with Gasteiger partial charge in [0.25, 0.3) is 11.8 Å². The maximum absolute atomic E-state index is 13.1. The minimum absolute atomic E-state index is 0.0613. The second kappa shape index (κ2) is 9.61. The van der Waals surface area contributed by atoms with Crippen molar-refractivity contribution in [2.45, 2.75) is 4.90 Å². The zero-order chi connectivity index (χ0) is 25.2. The molecule has 0 atom stereocenters. The number of carbonyl (C=O) groups excluding carboxylic acids is 2. The third-order valence-electron chi connectivity index (χ3n) is 5.26. The Morgan fingerprint density at radius 1 is 0.886 bits per heavy atom. The molecular formula is C25H23N3O6S. The van der Waals surface area contributed by atoms with Gasteiger partial charge in [-0.2, -0.15) is 0 Å². The number of nitrogens with zero attached hydrogens (tertiary/aromatic N) is 1. The predicted octanol–water partition coefficient (Wildman–Crippen LogP) is 4.20. The topological polar surface area (TPSA) is 118 Å². The maximum Gasteiger partial charge on any atom is 0.293 e. The molecule has 0 aliphatic carbocycles. The SMILES string of the molecule is COc1cccc(NC(=O)c2oc3ccccc3c2NC(=O)c2ccc(S(=O)(=O)N(C)C)cc2)c1. The third kappa shape index (κ3) is 4.88. The number of fused-ring (bicyclic) bond motifs is 1. The van der Waals surface area contributed by atoms with Crippen LogP contribution < -0.4 is 15.4 Å². The number of benzene rings is 3. The van der Waals surface area contributed by atoms with Gasteiger partial charge in [-0.25, -0.2) is 12.7 Å². The molecule has 3 aromatic carbocycles. The van der Waals surface area contributed by atoms with Crippen molar-refractivity contribution in [3.8, 4) is 5.75 Å². The Morgan fingerprint density at radius 2 is 1.60 bits per heavy atom. The molecular weight excluding hydrogens is 470 g/mol. The highest BCUT2D eigenvalue weighted by Gasteiger charge is 2.24. The summed E-state index contributed by atoms with van der Waals surface area (Å²) in [5.41, 5.74) is 1.33. The quantitative estimate of drug-likeness (QED) is 0.399. The van der Waals surface area contributed by atoms with Crippen LogP contribution in [-0.2, 0) is 10.0 Å². The first-order valence-electron chi connectivity index (χ1n) is 10.5. The number of sulfonamides is 1. The van der Waals surface area contributed by atoms with Crippen LogP contribution in [0.3, 0.4) is 0 Å². The van der Waals surface area contributed by atoms with E-state index in [-0.39, 0.29) is 21.9 Å². The third-order valence-corrected chi connectivity index (χ3v) is 7.09. The van der Waals surface area contributed by atoms with Crippen molar-refractivity contribution < 1.29 is 27.2 Å². The average molecular weight is 494 g/mol. The van der Waals surface area contributed by atoms with Crippen LogP contribution in [0.5, 0.6) is 5.75 Å². The van der Waals surface area contributed by atoms with Crippen molar-refractivity contribution in [1.29, 1.82) is 0 Å². The largest absolute Gasteiger partial charge is 0.497 e. The summed E-state index contributed by atoms with van der Waals surface area (Å²) >= 11 is 0. The molecule has 0 radical (unpaired) electrons. The molecule has 4 rings (SSSR count). The highest BCUT2D eigenvalue weighted by Crippen LogP contribution is 2.32. The molecule has 0 saturated carbocycles. The van der Waals surface area contributed by atoms with E-state index in [0.29, 0.717) is 22.4 Å². The summed E-state index contributed by atoms with van der Waals surface area (Å²) in [6.07, 6.45) is 0. The van der Waals surface area contributed by atoms with E-state index in [2.05, 4.69) is 10.6 Å². The lowest BCUT2D eigenvalue weighted by molar-refractivity contribution is 0.0999. The maximum atomic E-state index is 13.1. The normalized spacial score (nSPS) is 11.4. The number of furan rings is 1. The van der Waals surface area contributed by atoms with Crippen molar-refractivity contribution in [2.24, 2.45) is 0 Å². The fourth-order valence-electron chi connectivity index (χ4n) is 3.39. The van der Waals surface area contributed by atoms with Gasteiger partial charge in [-0.05, 0) is 48.5 Å². The van der Waals surface area contributed by atoms with Crippen molar-refractivity contribution in [2.75, 3.05) is 31.8 Å². The lowest BCUT2D eigenvalue weighted by Crippen LogP contribution is -2.22. The van der Waals surface area contributed by atoms with Gasteiger partial charge in [-0.1, -0.05) is 18.2 Å². The molecule has 1 heterocycles. The molecule has 0 fully saturated rings. The van der Waals surface area contributed by atoms with Crippen LogP contribution in [0.25, 0.3) is 11.0 Å². The van der Waals surface area contributed by atoms with Gasteiger partial charge in [0.1, 0.15) is 17.0 Å². The van der Waals surface area contributed by atoms with Crippen LogP contribution in [0, 0.1) is 0 Å². The van der Waals surface area contributed by atoms with Gasteiger partial charge in [-0.15, -0.1) is 0 Å². The summed E-state index contributed by atoms with van der Waals surface area (Å²) in [5, 5.41) is 6.03. The number of amides is 2. The van der Waals surface area contributed by atoms with Gasteiger partial charge in [0, 0.05) is 36.8 Å². The summed E-state index contributed by atoms with van der Waals surface area (Å²) < 4.78 is 36.6. The summed E-state index contributed by atoms with van der Waals surface area (Å²) in [4.78, 5) is 26.1. The number of rotatable bonds is 7. The van der Waals surface area contributed by atoms with Gasteiger partial charge in [0.2, 0.25) is 15.8 Å². The Balaban J connectivity index is 1.64. The van der Waals surface area contributed by atoms with Crippen LogP contribution in [0.15, 0.2) is 82.1 Å². The molecule has 0 aliphatic rings. The minimum Gasteiger partial charge on any atom is -0.497 e. The van der Waals surface area contributed by atoms with Gasteiger partial charge < -0.3 is 19.8 Å². The number of hydrogen-bond acceptors (Lipinski definition) is 6. The van der Waals surface area contributed by atoms with Gasteiger partial charge in [0.05, 0.1) is 12.0 Å². The highest BCUT2D eigenvalue weighted by molar-refractivity contribution is 7.89. The van der Waals surface area contributed by atoms with Gasteiger partial charge in [0.15, 0.2) is 0 Å². The Labute approximate surface area is 202 Å².